The van der Waals surface area contributed by atoms with Crippen molar-refractivity contribution in [3.8, 4) is 0 Å². The number of nitrogens with one attached hydrogen (secondary N) is 1. The van der Waals surface area contributed by atoms with Gasteiger partial charge in [-0.15, -0.1) is 10.1 Å². The van der Waals surface area contributed by atoms with E-state index in [1.54, 1.807) is 0 Å². The molecule has 1 N–H and O–H groups in total. The minimum absolute atomic E-state index is 0.00555. The highest BCUT2D eigenvalue weighted by Gasteiger charge is 2.11. The molecule has 0 aliphatic rings. The zero-order valence-corrected chi connectivity index (χ0v) is 9.23. The van der Waals surface area contributed by atoms with Crippen LogP contribution >= 0.6 is 0 Å². The molecule has 0 saturated heterocycles. The third-order valence-corrected chi connectivity index (χ3v) is 1.62. The molecule has 7 nitrogen and oxygen atoms in total. The molecule has 0 bridgehead atoms. The standard InChI is InChI=1S/C8H17N3O4/c1-7(15-11(13)14)6-8(12)9-4-5-10(2)3/h7H,4-6H2,1-3H3,(H,9,12). The van der Waals surface area contributed by atoms with Gasteiger partial charge >= 0.3 is 0 Å². The molecule has 1 atom stereocenters. The van der Waals surface area contributed by atoms with Crippen LogP contribution in [0.5, 0.6) is 0 Å². The maximum Gasteiger partial charge on any atom is 0.294 e. The highest BCUT2D eigenvalue weighted by atomic mass is 17.0. The lowest BCUT2D eigenvalue weighted by molar-refractivity contribution is -0.767. The molecule has 0 aromatic heterocycles. The molecule has 1 unspecified atom stereocenters. The van der Waals surface area contributed by atoms with Crippen LogP contribution < -0.4 is 5.32 Å². The lowest BCUT2D eigenvalue weighted by Crippen LogP contribution is -2.33. The van der Waals surface area contributed by atoms with Gasteiger partial charge in [-0.1, -0.05) is 0 Å². The molecule has 88 valence electrons. The van der Waals surface area contributed by atoms with Crippen LogP contribution in [0.2, 0.25) is 0 Å². The molecule has 0 rings (SSSR count). The molecule has 0 spiro atoms. The Balaban J connectivity index is 3.60. The highest BCUT2D eigenvalue weighted by Crippen LogP contribution is 1.96. The van der Waals surface area contributed by atoms with E-state index in [1.807, 2.05) is 19.0 Å². The van der Waals surface area contributed by atoms with Gasteiger partial charge < -0.3 is 15.1 Å². The topological polar surface area (TPSA) is 84.7 Å². The molecule has 15 heavy (non-hydrogen) atoms. The van der Waals surface area contributed by atoms with E-state index in [9.17, 15) is 14.9 Å². The molecule has 7 heteroatoms. The summed E-state index contributed by atoms with van der Waals surface area (Å²) in [6, 6.07) is 0. The maximum absolute atomic E-state index is 11.2. The lowest BCUT2D eigenvalue weighted by Gasteiger charge is -2.12. The Morgan fingerprint density at radius 1 is 1.60 bits per heavy atom. The molecule has 0 aliphatic carbocycles. The zero-order chi connectivity index (χ0) is 11.8. The van der Waals surface area contributed by atoms with E-state index in [1.165, 1.54) is 6.92 Å². The predicted molar refractivity (Wildman–Crippen MR) is 53.7 cm³/mol. The number of amides is 1. The van der Waals surface area contributed by atoms with Crippen molar-refractivity contribution in [1.29, 1.82) is 0 Å². The molecule has 0 fully saturated rings. The summed E-state index contributed by atoms with van der Waals surface area (Å²) in [4.78, 5) is 27.3. The highest BCUT2D eigenvalue weighted by molar-refractivity contribution is 5.76. The first kappa shape index (κ1) is 13.6. The van der Waals surface area contributed by atoms with E-state index in [2.05, 4.69) is 10.2 Å². The van der Waals surface area contributed by atoms with Crippen LogP contribution in [0.4, 0.5) is 0 Å². The van der Waals surface area contributed by atoms with Gasteiger partial charge in [0.25, 0.3) is 5.09 Å². The Morgan fingerprint density at radius 3 is 2.67 bits per heavy atom. The summed E-state index contributed by atoms with van der Waals surface area (Å²) >= 11 is 0. The van der Waals surface area contributed by atoms with Gasteiger partial charge in [0.2, 0.25) is 5.91 Å². The number of rotatable bonds is 7. The van der Waals surface area contributed by atoms with E-state index in [0.717, 1.165) is 6.54 Å². The van der Waals surface area contributed by atoms with Gasteiger partial charge in [0.1, 0.15) is 6.10 Å². The van der Waals surface area contributed by atoms with Crippen LogP contribution in [0, 0.1) is 10.1 Å². The monoisotopic (exact) mass is 219 g/mol. The molecule has 0 aromatic carbocycles. The minimum Gasteiger partial charge on any atom is -0.355 e. The molecule has 0 radical (unpaired) electrons. The van der Waals surface area contributed by atoms with Crippen molar-refractivity contribution in [2.75, 3.05) is 27.2 Å². The summed E-state index contributed by atoms with van der Waals surface area (Å²) < 4.78 is 0. The number of carbonyl (C=O) groups is 1. The summed E-state index contributed by atoms with van der Waals surface area (Å²) in [6.45, 7) is 2.74. The van der Waals surface area contributed by atoms with Crippen molar-refractivity contribution in [1.82, 2.24) is 10.2 Å². The van der Waals surface area contributed by atoms with E-state index >= 15 is 0 Å². The van der Waals surface area contributed by atoms with Gasteiger partial charge in [-0.2, -0.15) is 0 Å². The smallest absolute Gasteiger partial charge is 0.294 e. The van der Waals surface area contributed by atoms with Crippen LogP contribution in [0.3, 0.4) is 0 Å². The van der Waals surface area contributed by atoms with E-state index in [4.69, 9.17) is 0 Å². The van der Waals surface area contributed by atoms with Gasteiger partial charge in [0.05, 0.1) is 6.42 Å². The summed E-state index contributed by atoms with van der Waals surface area (Å²) in [6.07, 6.45) is -0.714. The van der Waals surface area contributed by atoms with Gasteiger partial charge in [0, 0.05) is 13.1 Å². The summed E-state index contributed by atoms with van der Waals surface area (Å²) in [5.74, 6) is -0.244. The molecule has 0 aromatic rings. The lowest BCUT2D eigenvalue weighted by atomic mass is 10.3. The van der Waals surface area contributed by atoms with Crippen molar-refractivity contribution in [2.45, 2.75) is 19.4 Å². The van der Waals surface area contributed by atoms with Crippen LogP contribution in [0.15, 0.2) is 0 Å². The van der Waals surface area contributed by atoms with Crippen LogP contribution in [-0.4, -0.2) is 49.2 Å². The van der Waals surface area contributed by atoms with Crippen molar-refractivity contribution in [3.05, 3.63) is 10.1 Å². The first-order chi connectivity index (χ1) is 6.91. The molecular weight excluding hydrogens is 202 g/mol. The second-order valence-corrected chi connectivity index (χ2v) is 3.50. The Morgan fingerprint density at radius 2 is 2.20 bits per heavy atom. The Labute approximate surface area is 88.5 Å². The Hall–Kier alpha value is -1.37. The van der Waals surface area contributed by atoms with Crippen LogP contribution in [0.25, 0.3) is 0 Å². The number of likely N-dealkylation sites (N-methyl/N-ethyl adjacent to an activating group) is 1. The fraction of sp³-hybridized carbons (Fsp3) is 0.875. The minimum atomic E-state index is -0.891. The van der Waals surface area contributed by atoms with Crippen molar-refractivity contribution in [2.24, 2.45) is 0 Å². The third-order valence-electron chi connectivity index (χ3n) is 1.62. The molecule has 0 heterocycles. The van der Waals surface area contributed by atoms with Crippen molar-refractivity contribution >= 4 is 5.91 Å². The fourth-order valence-corrected chi connectivity index (χ4v) is 0.936. The maximum atomic E-state index is 11.2. The zero-order valence-electron chi connectivity index (χ0n) is 9.23. The Bertz CT molecular complexity index is 220. The summed E-state index contributed by atoms with van der Waals surface area (Å²) in [7, 11) is 3.79. The quantitative estimate of drug-likeness (QED) is 0.467. The van der Waals surface area contributed by atoms with E-state index in [0.29, 0.717) is 6.54 Å². The molecular formula is C8H17N3O4. The molecule has 0 saturated carbocycles. The molecule has 1 amide bonds. The number of hydrogen-bond donors (Lipinski definition) is 1. The second-order valence-electron chi connectivity index (χ2n) is 3.50. The Kier molecular flexibility index (Phi) is 6.35. The molecule has 0 aliphatic heterocycles. The first-order valence-electron chi connectivity index (χ1n) is 4.64. The average Bonchev–Trinajstić information content (AvgIpc) is 2.00. The van der Waals surface area contributed by atoms with E-state index in [-0.39, 0.29) is 12.3 Å². The second kappa shape index (κ2) is 6.99. The third kappa shape index (κ3) is 8.95. The number of carbonyl (C=O) groups excluding carboxylic acids is 1. The summed E-state index contributed by atoms with van der Waals surface area (Å²) in [5.41, 5.74) is 0. The van der Waals surface area contributed by atoms with Gasteiger partial charge in [-0.05, 0) is 21.0 Å². The summed E-state index contributed by atoms with van der Waals surface area (Å²) in [5, 5.41) is 11.7. The van der Waals surface area contributed by atoms with Gasteiger partial charge in [-0.25, -0.2) is 0 Å². The SMILES string of the molecule is CC(CC(=O)NCCN(C)C)O[N+](=O)[O-]. The largest absolute Gasteiger partial charge is 0.355 e. The van der Waals surface area contributed by atoms with Crippen LogP contribution in [-0.2, 0) is 9.63 Å². The number of nitrogens with zero attached hydrogens (tertiary/aromatic N) is 2. The van der Waals surface area contributed by atoms with Gasteiger partial charge in [-0.3, -0.25) is 4.79 Å². The van der Waals surface area contributed by atoms with Crippen molar-refractivity contribution < 1.29 is 14.7 Å². The fourth-order valence-electron chi connectivity index (χ4n) is 0.936. The van der Waals surface area contributed by atoms with E-state index < -0.39 is 11.2 Å². The normalized spacial score (nSPS) is 12.3. The van der Waals surface area contributed by atoms with Crippen molar-refractivity contribution in [3.63, 3.8) is 0 Å². The number of hydrogen-bond acceptors (Lipinski definition) is 5. The van der Waals surface area contributed by atoms with Gasteiger partial charge in [0.15, 0.2) is 0 Å². The predicted octanol–water partition coefficient (Wildman–Crippen LogP) is -0.349. The van der Waals surface area contributed by atoms with Crippen LogP contribution in [0.1, 0.15) is 13.3 Å². The first-order valence-corrected chi connectivity index (χ1v) is 4.64. The average molecular weight is 219 g/mol.